The number of esters is 4. The minimum Gasteiger partial charge on any atom is -0.489 e. The van der Waals surface area contributed by atoms with Crippen LogP contribution in [-0.2, 0) is 28.9 Å². The summed E-state index contributed by atoms with van der Waals surface area (Å²) < 4.78 is 20.9. The molecule has 0 N–H and O–H groups in total. The first kappa shape index (κ1) is 38.4. The molecule has 2 heterocycles. The molecule has 0 spiro atoms. The van der Waals surface area contributed by atoms with Crippen LogP contribution in [0.5, 0.6) is 17.2 Å². The number of hydrogen-bond donors (Lipinski definition) is 0. The van der Waals surface area contributed by atoms with Gasteiger partial charge in [-0.05, 0) is 107 Å². The van der Waals surface area contributed by atoms with Gasteiger partial charge in [0.2, 0.25) is 0 Å². The summed E-state index contributed by atoms with van der Waals surface area (Å²) in [4.78, 5) is 93.6. The van der Waals surface area contributed by atoms with Gasteiger partial charge in [-0.2, -0.15) is 0 Å². The fourth-order valence-electron chi connectivity index (χ4n) is 7.58. The molecule has 0 amide bonds. The Kier molecular flexibility index (Phi) is 9.80. The van der Waals surface area contributed by atoms with E-state index < -0.39 is 23.9 Å². The Labute approximate surface area is 346 Å². The first-order valence-corrected chi connectivity index (χ1v) is 19.1. The lowest BCUT2D eigenvalue weighted by atomic mass is 9.98. The number of rotatable bonds is 9. The summed E-state index contributed by atoms with van der Waals surface area (Å²) >= 11 is 0. The highest BCUT2D eigenvalue weighted by Gasteiger charge is 2.32. The van der Waals surface area contributed by atoms with Crippen molar-refractivity contribution in [3.05, 3.63) is 194 Å². The van der Waals surface area contributed by atoms with E-state index in [1.165, 1.54) is 12.1 Å². The van der Waals surface area contributed by atoms with Gasteiger partial charge in [-0.1, -0.05) is 54.6 Å². The van der Waals surface area contributed by atoms with Crippen LogP contribution in [-0.4, -0.2) is 47.0 Å². The number of cyclic esters (lactones) is 4. The molecule has 6 aromatic rings. The Hall–Kier alpha value is -8.12. The van der Waals surface area contributed by atoms with Crippen molar-refractivity contribution in [1.82, 2.24) is 0 Å². The van der Waals surface area contributed by atoms with Crippen LogP contribution in [0.15, 0.2) is 121 Å². The number of benzene rings is 6. The highest BCUT2D eigenvalue weighted by atomic mass is 16.6. The van der Waals surface area contributed by atoms with Crippen LogP contribution < -0.4 is 9.47 Å². The summed E-state index contributed by atoms with van der Waals surface area (Å²) in [5.74, 6) is -1.59. The largest absolute Gasteiger partial charge is 0.489 e. The van der Waals surface area contributed by atoms with E-state index in [1.54, 1.807) is 60.7 Å². The zero-order chi connectivity index (χ0) is 42.4. The molecule has 298 valence electrons. The average Bonchev–Trinajstić information content (AvgIpc) is 3.91. The quantitative estimate of drug-likeness (QED) is 0.102. The van der Waals surface area contributed by atoms with Crippen molar-refractivity contribution in [2.24, 2.45) is 0 Å². The highest BCUT2D eigenvalue weighted by Crippen LogP contribution is 2.30. The third kappa shape index (κ3) is 7.77. The van der Waals surface area contributed by atoms with Crippen LogP contribution in [0.25, 0.3) is 0 Å². The van der Waals surface area contributed by atoms with Crippen LogP contribution in [0, 0.1) is 0 Å². The number of ketones is 4. The van der Waals surface area contributed by atoms with E-state index in [-0.39, 0.29) is 58.2 Å². The second-order valence-corrected chi connectivity index (χ2v) is 14.8. The molecule has 0 fully saturated rings. The van der Waals surface area contributed by atoms with Gasteiger partial charge in [-0.3, -0.25) is 19.2 Å². The van der Waals surface area contributed by atoms with Crippen LogP contribution in [0.2, 0.25) is 0 Å². The Balaban J connectivity index is 0.000000176. The van der Waals surface area contributed by atoms with E-state index in [2.05, 4.69) is 15.5 Å². The average molecular weight is 811 g/mol. The lowest BCUT2D eigenvalue weighted by Crippen LogP contribution is -1.99. The van der Waals surface area contributed by atoms with Gasteiger partial charge in [0.15, 0.2) is 23.1 Å². The Morgan fingerprint density at radius 3 is 1.46 bits per heavy atom. The van der Waals surface area contributed by atoms with E-state index in [9.17, 15) is 38.4 Å². The summed E-state index contributed by atoms with van der Waals surface area (Å²) in [5, 5.41) is 0. The standard InChI is InChI=1S/C31H20O7.C18H10O5/c32-28-16-29(33)26-14-22(8-10-24(26)28)36-17-20-3-1-2-19(13-20)12-18-4-6-21(7-5-18)37-23-9-11-25-27(15-23)31(35)38-30(25)34;19-15-8-16(20)13-6-9(1-3-11(13)15)5-10-2-4-12-14(7-10)18(22)23-17(12)21/h1-11,13-15H,12,16-17H2;1-4,6-7H,5,8H2. The molecule has 0 bridgehead atoms. The Bertz CT molecular complexity index is 2860. The molecule has 6 aromatic carbocycles. The van der Waals surface area contributed by atoms with Gasteiger partial charge in [0.05, 0.1) is 35.1 Å². The molecule has 12 nitrogen and oxygen atoms in total. The smallest absolute Gasteiger partial charge is 0.347 e. The summed E-state index contributed by atoms with van der Waals surface area (Å²) in [7, 11) is 0. The summed E-state index contributed by atoms with van der Waals surface area (Å²) in [6.45, 7) is 0.335. The maximum absolute atomic E-state index is 12.0. The number of ether oxygens (including phenoxy) is 4. The molecule has 0 aromatic heterocycles. The van der Waals surface area contributed by atoms with Gasteiger partial charge in [0.1, 0.15) is 23.9 Å². The van der Waals surface area contributed by atoms with Gasteiger partial charge < -0.3 is 18.9 Å². The van der Waals surface area contributed by atoms with Crippen molar-refractivity contribution < 1.29 is 57.3 Å². The molecule has 12 heteroatoms. The van der Waals surface area contributed by atoms with Crippen LogP contribution in [0.1, 0.15) is 124 Å². The van der Waals surface area contributed by atoms with Gasteiger partial charge in [0.25, 0.3) is 0 Å². The van der Waals surface area contributed by atoms with Crippen molar-refractivity contribution >= 4 is 47.0 Å². The van der Waals surface area contributed by atoms with Crippen molar-refractivity contribution in [3.8, 4) is 17.2 Å². The topological polar surface area (TPSA) is 173 Å². The monoisotopic (exact) mass is 810 g/mol. The number of carbonyl (C=O) groups excluding carboxylic acids is 8. The molecule has 0 radical (unpaired) electrons. The Morgan fingerprint density at radius 2 is 0.787 bits per heavy atom. The predicted molar refractivity (Wildman–Crippen MR) is 215 cm³/mol. The first-order chi connectivity index (χ1) is 29.4. The van der Waals surface area contributed by atoms with Crippen molar-refractivity contribution in [2.75, 3.05) is 0 Å². The van der Waals surface area contributed by atoms with Gasteiger partial charge in [-0.25, -0.2) is 19.2 Å². The predicted octanol–water partition coefficient (Wildman–Crippen LogP) is 8.09. The zero-order valence-electron chi connectivity index (χ0n) is 32.0. The van der Waals surface area contributed by atoms with Crippen molar-refractivity contribution in [3.63, 3.8) is 0 Å². The molecule has 0 unspecified atom stereocenters. The number of Topliss-reactive ketones (excluding diaryl/α,β-unsaturated/α-hetero) is 4. The van der Waals surface area contributed by atoms with Crippen LogP contribution in [0.3, 0.4) is 0 Å². The molecule has 61 heavy (non-hydrogen) atoms. The van der Waals surface area contributed by atoms with E-state index >= 15 is 0 Å². The minimum atomic E-state index is -0.669. The highest BCUT2D eigenvalue weighted by molar-refractivity contribution is 6.25. The number of hydrogen-bond acceptors (Lipinski definition) is 12. The molecule has 2 aliphatic carbocycles. The van der Waals surface area contributed by atoms with Crippen molar-refractivity contribution in [1.29, 1.82) is 0 Å². The minimum absolute atomic E-state index is 0.0639. The van der Waals surface area contributed by atoms with Gasteiger partial charge in [0, 0.05) is 22.3 Å². The maximum Gasteiger partial charge on any atom is 0.347 e. The summed E-state index contributed by atoms with van der Waals surface area (Å²) in [6.07, 6.45) is 1.06. The zero-order valence-corrected chi connectivity index (χ0v) is 32.0. The Morgan fingerprint density at radius 1 is 0.361 bits per heavy atom. The summed E-state index contributed by atoms with van der Waals surface area (Å²) in [5.41, 5.74) is 7.68. The molecular formula is C49H30O12. The molecule has 4 aliphatic rings. The molecular weight excluding hydrogens is 781 g/mol. The van der Waals surface area contributed by atoms with E-state index in [1.807, 2.05) is 42.5 Å². The molecule has 0 atom stereocenters. The number of fused-ring (bicyclic) bond motifs is 4. The van der Waals surface area contributed by atoms with Crippen LogP contribution >= 0.6 is 0 Å². The van der Waals surface area contributed by atoms with Crippen LogP contribution in [0.4, 0.5) is 0 Å². The second kappa shape index (κ2) is 15.6. The maximum atomic E-state index is 12.0. The fourth-order valence-corrected chi connectivity index (χ4v) is 7.58. The van der Waals surface area contributed by atoms with E-state index in [4.69, 9.17) is 9.47 Å². The number of carbonyl (C=O) groups is 8. The molecule has 10 rings (SSSR count). The summed E-state index contributed by atoms with van der Waals surface area (Å²) in [6, 6.07) is 35.5. The lowest BCUT2D eigenvalue weighted by Gasteiger charge is -2.10. The van der Waals surface area contributed by atoms with Gasteiger partial charge >= 0.3 is 23.9 Å². The third-order valence-corrected chi connectivity index (χ3v) is 10.6. The third-order valence-electron chi connectivity index (χ3n) is 10.6. The first-order valence-electron chi connectivity index (χ1n) is 19.1. The van der Waals surface area contributed by atoms with E-state index in [0.29, 0.717) is 59.0 Å². The normalized spacial score (nSPS) is 14.5. The van der Waals surface area contributed by atoms with Gasteiger partial charge in [-0.15, -0.1) is 0 Å². The van der Waals surface area contributed by atoms with E-state index in [0.717, 1.165) is 27.8 Å². The SMILES string of the molecule is O=C1CC(=O)c2cc(Cc3ccc4c(c3)C(=O)OC4=O)ccc21.O=C1CC(=O)c2cc(OCc3cccc(Cc4ccc(Oc5ccc6c(c5)C(=O)OC6=O)cc4)c3)ccc21. The lowest BCUT2D eigenvalue weighted by molar-refractivity contribution is 0.0425. The van der Waals surface area contributed by atoms with Crippen molar-refractivity contribution in [2.45, 2.75) is 32.3 Å². The second-order valence-electron chi connectivity index (χ2n) is 14.8. The molecule has 0 saturated carbocycles. The molecule has 0 saturated heterocycles. The molecule has 2 aliphatic heterocycles. The fraction of sp³-hybridized carbons (Fsp3) is 0.102.